The molecule has 0 atom stereocenters. The third-order valence-electron chi connectivity index (χ3n) is 6.49. The molecule has 1 aliphatic heterocycles. The number of benzene rings is 2. The van der Waals surface area contributed by atoms with Crippen LogP contribution in [0, 0.1) is 23.0 Å². The number of carbonyl (C=O) groups is 1. The number of nitrogens with zero attached hydrogens (tertiary/aromatic N) is 5. The number of aliphatic hydroxyl groups is 1. The standard InChI is InChI=1S/C28H22F2N6O3/c29-21-2-1-3-22(30)27(21)36-26(38)7-6-24(34-36)28(39)33-23-5-4-17(20-16-32-11-8-18(20)15-31)14-25(23)35-12-9-19(37)10-13-35/h1-8,11,14,16,19,37H,9-10,12-13H2,(H,33,39). The van der Waals surface area contributed by atoms with E-state index >= 15 is 0 Å². The molecule has 0 spiro atoms. The molecule has 0 unspecified atom stereocenters. The highest BCUT2D eigenvalue weighted by molar-refractivity contribution is 6.05. The zero-order valence-corrected chi connectivity index (χ0v) is 20.5. The van der Waals surface area contributed by atoms with E-state index in [2.05, 4.69) is 21.5 Å². The Morgan fingerprint density at radius 3 is 2.54 bits per heavy atom. The lowest BCUT2D eigenvalue weighted by Gasteiger charge is -2.33. The molecule has 2 N–H and O–H groups in total. The van der Waals surface area contributed by atoms with Crippen LogP contribution in [0.15, 0.2) is 71.8 Å². The number of aromatic nitrogens is 3. The van der Waals surface area contributed by atoms with Crippen LogP contribution in [0.5, 0.6) is 0 Å². The normalized spacial score (nSPS) is 13.6. The van der Waals surface area contributed by atoms with Gasteiger partial charge in [-0.1, -0.05) is 12.1 Å². The van der Waals surface area contributed by atoms with E-state index in [0.29, 0.717) is 58.7 Å². The van der Waals surface area contributed by atoms with Crippen LogP contribution in [-0.4, -0.2) is 45.0 Å². The summed E-state index contributed by atoms with van der Waals surface area (Å²) in [5.41, 5.74) is 1.11. The number of halogens is 2. The maximum atomic E-state index is 14.3. The number of hydrogen-bond donors (Lipinski definition) is 2. The minimum Gasteiger partial charge on any atom is -0.393 e. The molecular weight excluding hydrogens is 506 g/mol. The third-order valence-corrected chi connectivity index (χ3v) is 6.49. The van der Waals surface area contributed by atoms with E-state index in [4.69, 9.17) is 0 Å². The second kappa shape index (κ2) is 10.8. The summed E-state index contributed by atoms with van der Waals surface area (Å²) in [6.45, 7) is 1.06. The molecule has 39 heavy (non-hydrogen) atoms. The first-order chi connectivity index (χ1) is 18.9. The summed E-state index contributed by atoms with van der Waals surface area (Å²) >= 11 is 0. The fourth-order valence-corrected chi connectivity index (χ4v) is 4.47. The number of piperidine rings is 1. The van der Waals surface area contributed by atoms with E-state index in [1.807, 2.05) is 11.0 Å². The van der Waals surface area contributed by atoms with Crippen molar-refractivity contribution < 1.29 is 18.7 Å². The molecule has 0 saturated carbocycles. The number of para-hydroxylation sites is 1. The number of amides is 1. The smallest absolute Gasteiger partial charge is 0.276 e. The topological polar surface area (TPSA) is 124 Å². The Morgan fingerprint density at radius 2 is 1.82 bits per heavy atom. The fourth-order valence-electron chi connectivity index (χ4n) is 4.47. The van der Waals surface area contributed by atoms with Gasteiger partial charge in [0.15, 0.2) is 11.6 Å². The predicted molar refractivity (Wildman–Crippen MR) is 140 cm³/mol. The quantitative estimate of drug-likeness (QED) is 0.405. The average molecular weight is 529 g/mol. The Bertz CT molecular complexity index is 1640. The number of carbonyl (C=O) groups excluding carboxylic acids is 1. The van der Waals surface area contributed by atoms with Gasteiger partial charge in [-0.15, -0.1) is 0 Å². The summed E-state index contributed by atoms with van der Waals surface area (Å²) in [4.78, 5) is 31.7. The molecule has 0 bridgehead atoms. The molecule has 0 aliphatic carbocycles. The lowest BCUT2D eigenvalue weighted by Crippen LogP contribution is -2.36. The van der Waals surface area contributed by atoms with Crippen LogP contribution in [0.2, 0.25) is 0 Å². The summed E-state index contributed by atoms with van der Waals surface area (Å²) in [6, 6.07) is 14.3. The SMILES string of the molecule is N#Cc1ccncc1-c1ccc(NC(=O)c2ccc(=O)n(-c3c(F)cccc3F)n2)c(N2CCC(O)CC2)c1. The van der Waals surface area contributed by atoms with Crippen molar-refractivity contribution in [2.45, 2.75) is 18.9 Å². The maximum Gasteiger partial charge on any atom is 0.276 e. The maximum absolute atomic E-state index is 14.3. The first-order valence-electron chi connectivity index (χ1n) is 12.1. The molecule has 9 nitrogen and oxygen atoms in total. The van der Waals surface area contributed by atoms with Crippen molar-refractivity contribution in [3.8, 4) is 22.9 Å². The van der Waals surface area contributed by atoms with Gasteiger partial charge in [-0.2, -0.15) is 15.0 Å². The van der Waals surface area contributed by atoms with E-state index in [0.717, 1.165) is 24.3 Å². The van der Waals surface area contributed by atoms with E-state index in [9.17, 15) is 28.7 Å². The van der Waals surface area contributed by atoms with Crippen molar-refractivity contribution in [1.82, 2.24) is 14.8 Å². The van der Waals surface area contributed by atoms with E-state index in [-0.39, 0.29) is 5.69 Å². The second-order valence-corrected chi connectivity index (χ2v) is 8.98. The fraction of sp³-hybridized carbons (Fsp3) is 0.179. The van der Waals surface area contributed by atoms with Crippen LogP contribution in [-0.2, 0) is 0 Å². The molecule has 5 rings (SSSR count). The Labute approximate surface area is 221 Å². The van der Waals surface area contributed by atoms with Crippen molar-refractivity contribution in [2.75, 3.05) is 23.3 Å². The molecule has 2 aromatic heterocycles. The predicted octanol–water partition coefficient (Wildman–Crippen LogP) is 3.66. The largest absolute Gasteiger partial charge is 0.393 e. The molecule has 2 aromatic carbocycles. The Kier molecular flexibility index (Phi) is 7.12. The Morgan fingerprint density at radius 1 is 1.08 bits per heavy atom. The Hall–Kier alpha value is -4.95. The highest BCUT2D eigenvalue weighted by Crippen LogP contribution is 2.34. The van der Waals surface area contributed by atoms with Gasteiger partial charge in [0.25, 0.3) is 11.5 Å². The third kappa shape index (κ3) is 5.23. The van der Waals surface area contributed by atoms with E-state index in [1.165, 1.54) is 12.3 Å². The highest BCUT2D eigenvalue weighted by atomic mass is 19.1. The zero-order chi connectivity index (χ0) is 27.5. The van der Waals surface area contributed by atoms with Crippen LogP contribution in [0.1, 0.15) is 28.9 Å². The molecule has 1 fully saturated rings. The van der Waals surface area contributed by atoms with Crippen LogP contribution >= 0.6 is 0 Å². The monoisotopic (exact) mass is 528 g/mol. The van der Waals surface area contributed by atoms with Crippen LogP contribution in [0.3, 0.4) is 0 Å². The summed E-state index contributed by atoms with van der Waals surface area (Å²) in [6.07, 6.45) is 3.77. The van der Waals surface area contributed by atoms with Crippen molar-refractivity contribution in [1.29, 1.82) is 5.26 Å². The molecule has 3 heterocycles. The summed E-state index contributed by atoms with van der Waals surface area (Å²) in [5.74, 6) is -2.70. The van der Waals surface area contributed by atoms with E-state index < -0.39 is 34.9 Å². The molecule has 4 aromatic rings. The number of nitriles is 1. The van der Waals surface area contributed by atoms with Crippen LogP contribution < -0.4 is 15.8 Å². The van der Waals surface area contributed by atoms with Gasteiger partial charge in [-0.25, -0.2) is 8.78 Å². The van der Waals surface area contributed by atoms with Crippen molar-refractivity contribution in [3.63, 3.8) is 0 Å². The Balaban J connectivity index is 1.52. The number of nitrogens with one attached hydrogen (secondary N) is 1. The highest BCUT2D eigenvalue weighted by Gasteiger charge is 2.23. The lowest BCUT2D eigenvalue weighted by molar-refractivity contribution is 0.102. The van der Waals surface area contributed by atoms with Gasteiger partial charge >= 0.3 is 0 Å². The molecular formula is C28H22F2N6O3. The summed E-state index contributed by atoms with van der Waals surface area (Å²) in [7, 11) is 0. The minimum atomic E-state index is -1.00. The number of anilines is 2. The molecule has 1 aliphatic rings. The van der Waals surface area contributed by atoms with Gasteiger partial charge in [-0.3, -0.25) is 14.6 Å². The minimum absolute atomic E-state index is 0.236. The number of pyridine rings is 1. The average Bonchev–Trinajstić information content (AvgIpc) is 2.94. The van der Waals surface area contributed by atoms with Gasteiger partial charge in [0.1, 0.15) is 11.4 Å². The zero-order valence-electron chi connectivity index (χ0n) is 20.5. The number of rotatable bonds is 5. The lowest BCUT2D eigenvalue weighted by atomic mass is 10.00. The summed E-state index contributed by atoms with van der Waals surface area (Å²) < 4.78 is 29.2. The van der Waals surface area contributed by atoms with Crippen molar-refractivity contribution in [2.24, 2.45) is 0 Å². The first kappa shape index (κ1) is 25.7. The second-order valence-electron chi connectivity index (χ2n) is 8.98. The number of hydrogen-bond acceptors (Lipinski definition) is 7. The molecule has 0 radical (unpaired) electrons. The van der Waals surface area contributed by atoms with Crippen LogP contribution in [0.4, 0.5) is 20.2 Å². The van der Waals surface area contributed by atoms with Gasteiger partial charge in [0, 0.05) is 37.1 Å². The van der Waals surface area contributed by atoms with Crippen molar-refractivity contribution in [3.05, 3.63) is 100 Å². The molecule has 11 heteroatoms. The van der Waals surface area contributed by atoms with Gasteiger partial charge in [-0.05, 0) is 54.8 Å². The molecule has 196 valence electrons. The van der Waals surface area contributed by atoms with Gasteiger partial charge in [0.2, 0.25) is 0 Å². The molecule has 1 saturated heterocycles. The van der Waals surface area contributed by atoms with Gasteiger partial charge in [0.05, 0.1) is 29.1 Å². The van der Waals surface area contributed by atoms with E-state index in [1.54, 1.807) is 24.4 Å². The first-order valence-corrected chi connectivity index (χ1v) is 12.1. The van der Waals surface area contributed by atoms with Gasteiger partial charge < -0.3 is 15.3 Å². The molecule has 1 amide bonds. The van der Waals surface area contributed by atoms with Crippen molar-refractivity contribution >= 4 is 17.3 Å². The summed E-state index contributed by atoms with van der Waals surface area (Å²) in [5, 5.41) is 26.2. The number of aliphatic hydroxyl groups excluding tert-OH is 1. The van der Waals surface area contributed by atoms with Crippen LogP contribution in [0.25, 0.3) is 16.8 Å².